The minimum Gasteiger partial charge on any atom is -0.330 e. The summed E-state index contributed by atoms with van der Waals surface area (Å²) >= 11 is 0. The van der Waals surface area contributed by atoms with Crippen molar-refractivity contribution in [2.24, 2.45) is 17.1 Å². The largest absolute Gasteiger partial charge is 0.330 e. The summed E-state index contributed by atoms with van der Waals surface area (Å²) in [6.07, 6.45) is 2.74. The maximum Gasteiger partial charge on any atom is 0.0234 e. The van der Waals surface area contributed by atoms with E-state index in [4.69, 9.17) is 5.73 Å². The normalized spacial score (nSPS) is 33.4. The maximum atomic E-state index is 5.90. The van der Waals surface area contributed by atoms with Gasteiger partial charge in [0.05, 0.1) is 0 Å². The van der Waals surface area contributed by atoms with Gasteiger partial charge in [0.15, 0.2) is 0 Å². The Balaban J connectivity index is 1.65. The molecular formula is C14H20N2. The van der Waals surface area contributed by atoms with Crippen LogP contribution in [0, 0.1) is 11.3 Å². The zero-order valence-electron chi connectivity index (χ0n) is 9.73. The lowest BCUT2D eigenvalue weighted by molar-refractivity contribution is -0.0576. The Morgan fingerprint density at radius 2 is 2.00 bits per heavy atom. The first-order valence-electron chi connectivity index (χ1n) is 6.26. The molecule has 0 amide bonds. The number of nitrogens with zero attached hydrogens (tertiary/aromatic N) is 1. The van der Waals surface area contributed by atoms with Crippen molar-refractivity contribution in [2.45, 2.75) is 19.4 Å². The smallest absolute Gasteiger partial charge is 0.0234 e. The molecule has 0 radical (unpaired) electrons. The Bertz CT molecular complexity index is 354. The van der Waals surface area contributed by atoms with Crippen LogP contribution in [0.1, 0.15) is 18.4 Å². The highest BCUT2D eigenvalue weighted by molar-refractivity contribution is 5.15. The number of rotatable bonds is 3. The lowest BCUT2D eigenvalue weighted by Gasteiger charge is -2.56. The molecule has 3 fully saturated rings. The number of piperidine rings is 2. The average Bonchev–Trinajstić information content (AvgIpc) is 2.29. The molecule has 2 nitrogen and oxygen atoms in total. The summed E-state index contributed by atoms with van der Waals surface area (Å²) in [5, 5.41) is 0. The fourth-order valence-electron chi connectivity index (χ4n) is 3.52. The van der Waals surface area contributed by atoms with Crippen LogP contribution in [0.25, 0.3) is 0 Å². The van der Waals surface area contributed by atoms with E-state index in [0.717, 1.165) is 19.0 Å². The Hall–Kier alpha value is -0.860. The van der Waals surface area contributed by atoms with Crippen molar-refractivity contribution in [3.63, 3.8) is 0 Å². The molecule has 1 aliphatic carbocycles. The molecule has 1 aromatic rings. The van der Waals surface area contributed by atoms with Crippen LogP contribution in [0.2, 0.25) is 0 Å². The van der Waals surface area contributed by atoms with Crippen molar-refractivity contribution < 1.29 is 0 Å². The maximum absolute atomic E-state index is 5.90. The molecule has 2 bridgehead atoms. The Morgan fingerprint density at radius 1 is 1.25 bits per heavy atom. The van der Waals surface area contributed by atoms with Crippen molar-refractivity contribution in [2.75, 3.05) is 19.6 Å². The summed E-state index contributed by atoms with van der Waals surface area (Å²) < 4.78 is 0. The second kappa shape index (κ2) is 3.86. The Morgan fingerprint density at radius 3 is 2.69 bits per heavy atom. The predicted octanol–water partition coefficient (Wildman–Crippen LogP) is 1.86. The Labute approximate surface area is 97.4 Å². The topological polar surface area (TPSA) is 29.3 Å². The fourth-order valence-corrected chi connectivity index (χ4v) is 3.52. The second-order valence-corrected chi connectivity index (χ2v) is 5.63. The van der Waals surface area contributed by atoms with Gasteiger partial charge in [0.25, 0.3) is 0 Å². The molecule has 2 heterocycles. The first kappa shape index (κ1) is 10.3. The Kier molecular flexibility index (Phi) is 2.49. The number of hydrogen-bond donors (Lipinski definition) is 1. The van der Waals surface area contributed by atoms with Crippen molar-refractivity contribution in [1.82, 2.24) is 4.90 Å². The monoisotopic (exact) mass is 216 g/mol. The quantitative estimate of drug-likeness (QED) is 0.835. The lowest BCUT2D eigenvalue weighted by atomic mass is 9.59. The summed E-state index contributed by atoms with van der Waals surface area (Å²) in [6.45, 7) is 4.44. The molecular weight excluding hydrogens is 196 g/mol. The van der Waals surface area contributed by atoms with Gasteiger partial charge in [0.2, 0.25) is 0 Å². The van der Waals surface area contributed by atoms with Crippen LogP contribution < -0.4 is 5.73 Å². The van der Waals surface area contributed by atoms with Gasteiger partial charge in [0.1, 0.15) is 0 Å². The predicted molar refractivity (Wildman–Crippen MR) is 65.9 cm³/mol. The van der Waals surface area contributed by atoms with E-state index in [-0.39, 0.29) is 0 Å². The molecule has 4 rings (SSSR count). The van der Waals surface area contributed by atoms with Crippen molar-refractivity contribution >= 4 is 0 Å². The molecule has 1 saturated carbocycles. The molecule has 0 unspecified atom stereocenters. The van der Waals surface area contributed by atoms with Crippen LogP contribution in [-0.4, -0.2) is 24.5 Å². The highest BCUT2D eigenvalue weighted by Gasteiger charge is 2.48. The van der Waals surface area contributed by atoms with Crippen molar-refractivity contribution in [3.8, 4) is 0 Å². The van der Waals surface area contributed by atoms with E-state index < -0.39 is 0 Å². The highest BCUT2D eigenvalue weighted by Crippen LogP contribution is 2.49. The molecule has 0 spiro atoms. The average molecular weight is 216 g/mol. The molecule has 1 aromatic carbocycles. The minimum atomic E-state index is 0.470. The van der Waals surface area contributed by atoms with Gasteiger partial charge in [-0.05, 0) is 36.3 Å². The van der Waals surface area contributed by atoms with Crippen molar-refractivity contribution in [3.05, 3.63) is 35.9 Å². The van der Waals surface area contributed by atoms with Crippen LogP contribution in [-0.2, 0) is 6.54 Å². The number of hydrogen-bond acceptors (Lipinski definition) is 2. The van der Waals surface area contributed by atoms with Crippen LogP contribution in [0.5, 0.6) is 0 Å². The molecule has 2 N–H and O–H groups in total. The van der Waals surface area contributed by atoms with E-state index in [1.54, 1.807) is 0 Å². The highest BCUT2D eigenvalue weighted by atomic mass is 15.2. The van der Waals surface area contributed by atoms with Crippen LogP contribution in [0.15, 0.2) is 30.3 Å². The van der Waals surface area contributed by atoms with E-state index in [9.17, 15) is 0 Å². The summed E-state index contributed by atoms with van der Waals surface area (Å²) in [7, 11) is 0. The SMILES string of the molecule is NCC12CC(CN(Cc3ccccc3)C1)C2. The van der Waals surface area contributed by atoms with Gasteiger partial charge in [-0.15, -0.1) is 0 Å². The summed E-state index contributed by atoms with van der Waals surface area (Å²) in [5.41, 5.74) is 7.80. The third-order valence-corrected chi connectivity index (χ3v) is 4.20. The van der Waals surface area contributed by atoms with Gasteiger partial charge < -0.3 is 5.73 Å². The lowest BCUT2D eigenvalue weighted by Crippen LogP contribution is -2.58. The van der Waals surface area contributed by atoms with Crippen molar-refractivity contribution in [1.29, 1.82) is 0 Å². The summed E-state index contributed by atoms with van der Waals surface area (Å²) in [5.74, 6) is 0.918. The van der Waals surface area contributed by atoms with E-state index in [2.05, 4.69) is 35.2 Å². The molecule has 3 aliphatic rings. The minimum absolute atomic E-state index is 0.470. The van der Waals surface area contributed by atoms with E-state index in [1.165, 1.54) is 31.5 Å². The number of fused-ring (bicyclic) bond motifs is 2. The van der Waals surface area contributed by atoms with E-state index >= 15 is 0 Å². The van der Waals surface area contributed by atoms with Crippen LogP contribution in [0.4, 0.5) is 0 Å². The standard InChI is InChI=1S/C14H20N2/c15-10-14-6-13(7-14)9-16(11-14)8-12-4-2-1-3-5-12/h1-5,13H,6-11,15H2. The molecule has 0 atom stereocenters. The van der Waals surface area contributed by atoms with E-state index in [1.807, 2.05) is 0 Å². The zero-order valence-corrected chi connectivity index (χ0v) is 9.73. The van der Waals surface area contributed by atoms with E-state index in [0.29, 0.717) is 5.41 Å². The molecule has 16 heavy (non-hydrogen) atoms. The van der Waals surface area contributed by atoms with Gasteiger partial charge in [-0.3, -0.25) is 4.90 Å². The van der Waals surface area contributed by atoms with Crippen LogP contribution >= 0.6 is 0 Å². The molecule has 2 saturated heterocycles. The zero-order chi connectivity index (χ0) is 11.0. The molecule has 2 heteroatoms. The summed E-state index contributed by atoms with van der Waals surface area (Å²) in [4.78, 5) is 2.58. The van der Waals surface area contributed by atoms with Gasteiger partial charge in [-0.1, -0.05) is 30.3 Å². The van der Waals surface area contributed by atoms with Gasteiger partial charge >= 0.3 is 0 Å². The van der Waals surface area contributed by atoms with Crippen LogP contribution in [0.3, 0.4) is 0 Å². The van der Waals surface area contributed by atoms with Gasteiger partial charge in [0, 0.05) is 19.6 Å². The van der Waals surface area contributed by atoms with Gasteiger partial charge in [-0.2, -0.15) is 0 Å². The molecule has 86 valence electrons. The third-order valence-electron chi connectivity index (χ3n) is 4.20. The molecule has 0 aromatic heterocycles. The molecule has 2 aliphatic heterocycles. The summed E-state index contributed by atoms with van der Waals surface area (Å²) in [6, 6.07) is 10.8. The first-order chi connectivity index (χ1) is 7.80. The fraction of sp³-hybridized carbons (Fsp3) is 0.571. The van der Waals surface area contributed by atoms with Gasteiger partial charge in [-0.25, -0.2) is 0 Å². The first-order valence-corrected chi connectivity index (χ1v) is 6.26. The number of nitrogens with two attached hydrogens (primary N) is 1. The number of benzene rings is 1. The second-order valence-electron chi connectivity index (χ2n) is 5.63. The third kappa shape index (κ3) is 1.76.